The minimum absolute atomic E-state index is 0.00195. The minimum atomic E-state index is -0.593. The van der Waals surface area contributed by atoms with Crippen LogP contribution in [0.5, 0.6) is 0 Å². The minimum Gasteiger partial charge on any atom is -0.389 e. The molecule has 0 saturated carbocycles. The van der Waals surface area contributed by atoms with Gasteiger partial charge in [0.2, 0.25) is 0 Å². The Balaban J connectivity index is 2.20. The molecule has 0 aliphatic heterocycles. The van der Waals surface area contributed by atoms with Crippen molar-refractivity contribution in [3.05, 3.63) is 69.8 Å². The maximum absolute atomic E-state index is 12.1. The number of hydrogen-bond acceptors (Lipinski definition) is 4. The van der Waals surface area contributed by atoms with Crippen LogP contribution in [0.4, 0.5) is 11.4 Å². The molecule has 2 aromatic rings. The summed E-state index contributed by atoms with van der Waals surface area (Å²) in [5.41, 5.74) is 0.985. The molecule has 0 aromatic heterocycles. The van der Waals surface area contributed by atoms with Crippen LogP contribution in [0.25, 0.3) is 0 Å². The topological polar surface area (TPSA) is 92.5 Å². The third-order valence-electron chi connectivity index (χ3n) is 3.00. The van der Waals surface area contributed by atoms with Crippen LogP contribution in [-0.4, -0.2) is 15.9 Å². The van der Waals surface area contributed by atoms with Crippen LogP contribution < -0.4 is 5.32 Å². The summed E-state index contributed by atoms with van der Waals surface area (Å²) in [6, 6.07) is 12.4. The Hall–Kier alpha value is -2.73. The van der Waals surface area contributed by atoms with Gasteiger partial charge >= 0.3 is 0 Å². The first-order chi connectivity index (χ1) is 9.99. The van der Waals surface area contributed by atoms with E-state index in [4.69, 9.17) is 0 Å². The molecule has 0 radical (unpaired) electrons. The molecule has 2 rings (SSSR count). The number of nitrogens with zero attached hydrogens (tertiary/aromatic N) is 1. The van der Waals surface area contributed by atoms with Gasteiger partial charge in [-0.25, -0.2) is 0 Å². The van der Waals surface area contributed by atoms with Crippen LogP contribution in [0.2, 0.25) is 0 Å². The van der Waals surface area contributed by atoms with E-state index in [1.165, 1.54) is 18.2 Å². The lowest BCUT2D eigenvalue weighted by Gasteiger charge is -2.08. The summed E-state index contributed by atoms with van der Waals surface area (Å²) < 4.78 is 0. The fourth-order valence-electron chi connectivity index (χ4n) is 1.87. The molecule has 2 N–H and O–H groups in total. The quantitative estimate of drug-likeness (QED) is 0.667. The van der Waals surface area contributed by atoms with Crippen molar-refractivity contribution >= 4 is 17.3 Å². The monoisotopic (exact) mass is 286 g/mol. The number of para-hydroxylation sites is 1. The molecule has 0 bridgehead atoms. The fraction of sp³-hybridized carbons (Fsp3) is 0.133. The van der Waals surface area contributed by atoms with Crippen LogP contribution in [0.3, 0.4) is 0 Å². The van der Waals surface area contributed by atoms with Crippen LogP contribution in [0.1, 0.15) is 28.9 Å². The third kappa shape index (κ3) is 3.43. The average molecular weight is 286 g/mol. The van der Waals surface area contributed by atoms with E-state index in [9.17, 15) is 20.0 Å². The van der Waals surface area contributed by atoms with Gasteiger partial charge in [-0.15, -0.1) is 0 Å². The zero-order valence-electron chi connectivity index (χ0n) is 11.3. The Kier molecular flexibility index (Phi) is 4.30. The number of nitrogens with one attached hydrogen (secondary N) is 1. The van der Waals surface area contributed by atoms with Crippen LogP contribution in [0, 0.1) is 10.1 Å². The van der Waals surface area contributed by atoms with Crippen molar-refractivity contribution in [2.45, 2.75) is 13.0 Å². The predicted octanol–water partition coefficient (Wildman–Crippen LogP) is 2.90. The van der Waals surface area contributed by atoms with E-state index in [1.54, 1.807) is 37.3 Å². The summed E-state index contributed by atoms with van der Waals surface area (Å²) in [6.45, 7) is 1.64. The second kappa shape index (κ2) is 6.15. The number of aliphatic hydroxyl groups excluding tert-OH is 1. The molecule has 6 nitrogen and oxygen atoms in total. The van der Waals surface area contributed by atoms with E-state index in [-0.39, 0.29) is 11.3 Å². The second-order valence-electron chi connectivity index (χ2n) is 4.53. The molecule has 0 aliphatic carbocycles. The SMILES string of the molecule is CC(O)c1ccc(NC(=O)c2ccccc2[N+](=O)[O-])cc1. The summed E-state index contributed by atoms with van der Waals surface area (Å²) in [5.74, 6) is -0.549. The fourth-order valence-corrected chi connectivity index (χ4v) is 1.87. The average Bonchev–Trinajstić information content (AvgIpc) is 2.47. The molecule has 1 unspecified atom stereocenters. The highest BCUT2D eigenvalue weighted by Gasteiger charge is 2.19. The molecule has 1 atom stereocenters. The van der Waals surface area contributed by atoms with Crippen LogP contribution in [-0.2, 0) is 0 Å². The number of carbonyl (C=O) groups excluding carboxylic acids is 1. The molecule has 0 aliphatic rings. The van der Waals surface area contributed by atoms with Crippen molar-refractivity contribution in [1.82, 2.24) is 0 Å². The molecular formula is C15H14N2O4. The molecule has 2 aromatic carbocycles. The summed E-state index contributed by atoms with van der Waals surface area (Å²) >= 11 is 0. The predicted molar refractivity (Wildman–Crippen MR) is 78.1 cm³/mol. The highest BCUT2D eigenvalue weighted by atomic mass is 16.6. The van der Waals surface area contributed by atoms with Gasteiger partial charge in [-0.3, -0.25) is 14.9 Å². The van der Waals surface area contributed by atoms with Gasteiger partial charge in [0.1, 0.15) is 5.56 Å². The van der Waals surface area contributed by atoms with Gasteiger partial charge in [0.05, 0.1) is 11.0 Å². The first kappa shape index (κ1) is 14.7. The largest absolute Gasteiger partial charge is 0.389 e. The van der Waals surface area contributed by atoms with Gasteiger partial charge in [-0.05, 0) is 30.7 Å². The lowest BCUT2D eigenvalue weighted by molar-refractivity contribution is -0.385. The molecule has 6 heteroatoms. The highest BCUT2D eigenvalue weighted by Crippen LogP contribution is 2.20. The van der Waals surface area contributed by atoms with Crippen molar-refractivity contribution in [3.8, 4) is 0 Å². The number of benzene rings is 2. The maximum atomic E-state index is 12.1. The number of nitro groups is 1. The van der Waals surface area contributed by atoms with Crippen molar-refractivity contribution < 1.29 is 14.8 Å². The smallest absolute Gasteiger partial charge is 0.282 e. The molecule has 0 saturated heterocycles. The Labute approximate surface area is 121 Å². The first-order valence-electron chi connectivity index (χ1n) is 6.32. The van der Waals surface area contributed by atoms with Crippen LogP contribution >= 0.6 is 0 Å². The molecule has 0 fully saturated rings. The normalized spacial score (nSPS) is 11.7. The van der Waals surface area contributed by atoms with Crippen molar-refractivity contribution in [1.29, 1.82) is 0 Å². The van der Waals surface area contributed by atoms with E-state index in [0.717, 1.165) is 5.56 Å². The molecule has 108 valence electrons. The van der Waals surface area contributed by atoms with Gasteiger partial charge in [0.15, 0.2) is 0 Å². The standard InChI is InChI=1S/C15H14N2O4/c1-10(18)11-6-8-12(9-7-11)16-15(19)13-4-2-3-5-14(13)17(20)21/h2-10,18H,1H3,(H,16,19). The molecular weight excluding hydrogens is 272 g/mol. The van der Waals surface area contributed by atoms with Crippen molar-refractivity contribution in [3.63, 3.8) is 0 Å². The zero-order chi connectivity index (χ0) is 15.4. The zero-order valence-corrected chi connectivity index (χ0v) is 11.3. The van der Waals surface area contributed by atoms with Crippen molar-refractivity contribution in [2.75, 3.05) is 5.32 Å². The van der Waals surface area contributed by atoms with Crippen LogP contribution in [0.15, 0.2) is 48.5 Å². The van der Waals surface area contributed by atoms with E-state index < -0.39 is 16.9 Å². The van der Waals surface area contributed by atoms with E-state index >= 15 is 0 Å². The number of nitro benzene ring substituents is 1. The lowest BCUT2D eigenvalue weighted by atomic mass is 10.1. The Morgan fingerprint density at radius 1 is 1.19 bits per heavy atom. The number of rotatable bonds is 4. The Bertz CT molecular complexity index is 666. The number of carbonyl (C=O) groups is 1. The molecule has 1 amide bonds. The summed E-state index contributed by atoms with van der Waals surface area (Å²) in [6.07, 6.45) is -0.593. The third-order valence-corrected chi connectivity index (χ3v) is 3.00. The van der Waals surface area contributed by atoms with Gasteiger partial charge in [-0.2, -0.15) is 0 Å². The number of amides is 1. The summed E-state index contributed by atoms with van der Waals surface area (Å²) in [5, 5.41) is 22.9. The van der Waals surface area contributed by atoms with E-state index in [0.29, 0.717) is 5.69 Å². The summed E-state index contributed by atoms with van der Waals surface area (Å²) in [4.78, 5) is 22.4. The summed E-state index contributed by atoms with van der Waals surface area (Å²) in [7, 11) is 0. The molecule has 21 heavy (non-hydrogen) atoms. The van der Waals surface area contributed by atoms with Gasteiger partial charge < -0.3 is 10.4 Å². The Morgan fingerprint density at radius 3 is 2.38 bits per heavy atom. The second-order valence-corrected chi connectivity index (χ2v) is 4.53. The molecule has 0 spiro atoms. The lowest BCUT2D eigenvalue weighted by Crippen LogP contribution is -2.13. The number of anilines is 1. The van der Waals surface area contributed by atoms with Gasteiger partial charge in [0, 0.05) is 11.8 Å². The van der Waals surface area contributed by atoms with Crippen molar-refractivity contribution in [2.24, 2.45) is 0 Å². The molecule has 0 heterocycles. The first-order valence-corrected chi connectivity index (χ1v) is 6.32. The van der Waals surface area contributed by atoms with Gasteiger partial charge in [-0.1, -0.05) is 24.3 Å². The number of hydrogen-bond donors (Lipinski definition) is 2. The highest BCUT2D eigenvalue weighted by molar-refractivity contribution is 6.07. The van der Waals surface area contributed by atoms with E-state index in [2.05, 4.69) is 5.32 Å². The van der Waals surface area contributed by atoms with E-state index in [1.807, 2.05) is 0 Å². The van der Waals surface area contributed by atoms with Gasteiger partial charge in [0.25, 0.3) is 11.6 Å². The number of aliphatic hydroxyl groups is 1. The maximum Gasteiger partial charge on any atom is 0.282 e. The Morgan fingerprint density at radius 2 is 1.81 bits per heavy atom.